The van der Waals surface area contributed by atoms with Gasteiger partial charge in [-0.2, -0.15) is 4.98 Å². The molecule has 0 amide bonds. The summed E-state index contributed by atoms with van der Waals surface area (Å²) >= 11 is 6.40. The van der Waals surface area contributed by atoms with Crippen molar-refractivity contribution in [3.63, 3.8) is 0 Å². The number of benzene rings is 3. The summed E-state index contributed by atoms with van der Waals surface area (Å²) in [5, 5.41) is 3.93. The number of hydrogen-bond donors (Lipinski definition) is 3. The van der Waals surface area contributed by atoms with Crippen molar-refractivity contribution in [3.05, 3.63) is 100 Å². The molecular weight excluding hydrogens is 538 g/mol. The summed E-state index contributed by atoms with van der Waals surface area (Å²) in [7, 11) is -2.33. The maximum absolute atomic E-state index is 13.7. The first kappa shape index (κ1) is 26.3. The number of para-hydroxylation sites is 1. The third-order valence-electron chi connectivity index (χ3n) is 6.16. The molecule has 198 valence electrons. The van der Waals surface area contributed by atoms with Gasteiger partial charge in [0.15, 0.2) is 0 Å². The maximum Gasteiger partial charge on any atom is 0.267 e. The van der Waals surface area contributed by atoms with E-state index in [4.69, 9.17) is 22.3 Å². The molecule has 5 aromatic rings. The van der Waals surface area contributed by atoms with Gasteiger partial charge in [0.25, 0.3) is 5.56 Å². The summed E-state index contributed by atoms with van der Waals surface area (Å²) in [4.78, 5) is 27.1. The topological polar surface area (TPSA) is 145 Å². The highest BCUT2D eigenvalue weighted by Crippen LogP contribution is 2.31. The Balaban J connectivity index is 1.65. The molecular formula is C27H24ClN7O3S. The van der Waals surface area contributed by atoms with Gasteiger partial charge in [0.2, 0.25) is 16.0 Å². The lowest BCUT2D eigenvalue weighted by Crippen LogP contribution is -2.27. The summed E-state index contributed by atoms with van der Waals surface area (Å²) < 4.78 is 28.6. The van der Waals surface area contributed by atoms with Crippen LogP contribution in [0, 0.1) is 0 Å². The number of hydrogen-bond acceptors (Lipinski definition) is 8. The van der Waals surface area contributed by atoms with E-state index >= 15 is 0 Å². The van der Waals surface area contributed by atoms with Crippen molar-refractivity contribution >= 4 is 44.3 Å². The molecule has 0 fully saturated rings. The van der Waals surface area contributed by atoms with Gasteiger partial charge in [-0.05, 0) is 55.9 Å². The van der Waals surface area contributed by atoms with Crippen molar-refractivity contribution in [2.24, 2.45) is 0 Å². The fourth-order valence-corrected chi connectivity index (χ4v) is 5.28. The Kier molecular flexibility index (Phi) is 7.04. The van der Waals surface area contributed by atoms with Crippen LogP contribution in [0.2, 0.25) is 5.02 Å². The zero-order valence-corrected chi connectivity index (χ0v) is 22.5. The van der Waals surface area contributed by atoms with Crippen molar-refractivity contribution < 1.29 is 8.42 Å². The molecule has 1 atom stereocenters. The molecule has 3 aromatic carbocycles. The molecule has 0 aliphatic carbocycles. The van der Waals surface area contributed by atoms with E-state index in [1.54, 1.807) is 30.3 Å². The van der Waals surface area contributed by atoms with Gasteiger partial charge in [-0.25, -0.2) is 23.1 Å². The average molecular weight is 562 g/mol. The molecule has 0 radical (unpaired) electrons. The summed E-state index contributed by atoms with van der Waals surface area (Å²) in [5.41, 5.74) is 7.75. The van der Waals surface area contributed by atoms with E-state index in [2.05, 4.69) is 20.0 Å². The summed E-state index contributed by atoms with van der Waals surface area (Å²) in [6.45, 7) is 1.83. The molecule has 39 heavy (non-hydrogen) atoms. The minimum atomic E-state index is -3.68. The van der Waals surface area contributed by atoms with Crippen LogP contribution in [0.1, 0.15) is 18.8 Å². The van der Waals surface area contributed by atoms with Crippen LogP contribution in [0.5, 0.6) is 0 Å². The largest absolute Gasteiger partial charge is 0.368 e. The SMILES string of the molecule is CNS(=O)(=O)c1cccc(-c2cnc(N)nc2NC(C)c2nc3cccc(Cl)c3c(=O)n2-c2ccccc2)c1. The number of sulfonamides is 1. The molecule has 10 nitrogen and oxygen atoms in total. The van der Waals surface area contributed by atoms with E-state index < -0.39 is 16.1 Å². The van der Waals surface area contributed by atoms with Gasteiger partial charge in [0.1, 0.15) is 11.6 Å². The zero-order chi connectivity index (χ0) is 27.7. The summed E-state index contributed by atoms with van der Waals surface area (Å²) in [6, 6.07) is 20.1. The number of nitrogens with two attached hydrogens (primary N) is 1. The van der Waals surface area contributed by atoms with E-state index in [0.29, 0.717) is 44.4 Å². The number of nitrogens with zero attached hydrogens (tertiary/aromatic N) is 4. The lowest BCUT2D eigenvalue weighted by Gasteiger charge is -2.21. The number of rotatable bonds is 7. The van der Waals surface area contributed by atoms with Crippen LogP contribution in [0.4, 0.5) is 11.8 Å². The Morgan fingerprint density at radius 1 is 1.00 bits per heavy atom. The Morgan fingerprint density at radius 3 is 2.49 bits per heavy atom. The monoisotopic (exact) mass is 561 g/mol. The number of halogens is 1. The highest BCUT2D eigenvalue weighted by atomic mass is 35.5. The van der Waals surface area contributed by atoms with Gasteiger partial charge in [-0.1, -0.05) is 48.0 Å². The fraction of sp³-hybridized carbons (Fsp3) is 0.111. The third kappa shape index (κ3) is 5.07. The molecule has 2 heterocycles. The van der Waals surface area contributed by atoms with Gasteiger partial charge in [0.05, 0.1) is 32.6 Å². The summed E-state index contributed by atoms with van der Waals surface area (Å²) in [6.07, 6.45) is 1.51. The van der Waals surface area contributed by atoms with Crippen LogP contribution in [-0.2, 0) is 10.0 Å². The molecule has 0 bridgehead atoms. The number of anilines is 2. The molecule has 0 aliphatic rings. The molecule has 5 rings (SSSR count). The Labute approximate surface area is 229 Å². The number of nitrogen functional groups attached to an aromatic ring is 1. The molecule has 0 saturated carbocycles. The van der Waals surface area contributed by atoms with Crippen molar-refractivity contribution in [3.8, 4) is 16.8 Å². The molecule has 12 heteroatoms. The van der Waals surface area contributed by atoms with Gasteiger partial charge in [-0.3, -0.25) is 9.36 Å². The number of fused-ring (bicyclic) bond motifs is 1. The smallest absolute Gasteiger partial charge is 0.267 e. The lowest BCUT2D eigenvalue weighted by molar-refractivity contribution is 0.588. The van der Waals surface area contributed by atoms with E-state index in [9.17, 15) is 13.2 Å². The molecule has 0 spiro atoms. The molecule has 4 N–H and O–H groups in total. The standard InChI is InChI=1S/C27H24ClN7O3S/c1-16(25-33-22-13-7-12-21(28)23(22)26(36)35(25)18-9-4-3-5-10-18)32-24-20(15-31-27(29)34-24)17-8-6-11-19(14-17)39(37,38)30-2/h3-16,30H,1-2H3,(H3,29,31,32,34). The predicted octanol–water partition coefficient (Wildman–Crippen LogP) is 4.16. The molecule has 1 unspecified atom stereocenters. The van der Waals surface area contributed by atoms with Crippen LogP contribution < -0.4 is 21.3 Å². The van der Waals surface area contributed by atoms with Crippen molar-refractivity contribution in [2.45, 2.75) is 17.9 Å². The minimum absolute atomic E-state index is 0.0196. The van der Waals surface area contributed by atoms with Crippen molar-refractivity contribution in [2.75, 3.05) is 18.1 Å². The van der Waals surface area contributed by atoms with Crippen molar-refractivity contribution in [1.29, 1.82) is 0 Å². The third-order valence-corrected chi connectivity index (χ3v) is 7.89. The summed E-state index contributed by atoms with van der Waals surface area (Å²) in [5.74, 6) is 0.774. The van der Waals surface area contributed by atoms with Crippen LogP contribution >= 0.6 is 11.6 Å². The predicted molar refractivity (Wildman–Crippen MR) is 153 cm³/mol. The molecule has 0 saturated heterocycles. The lowest BCUT2D eigenvalue weighted by atomic mass is 10.1. The van der Waals surface area contributed by atoms with Crippen LogP contribution in [0.15, 0.2) is 88.7 Å². The van der Waals surface area contributed by atoms with Gasteiger partial charge < -0.3 is 11.1 Å². The zero-order valence-electron chi connectivity index (χ0n) is 21.0. The van der Waals surface area contributed by atoms with Crippen LogP contribution in [-0.4, -0.2) is 35.0 Å². The Bertz CT molecular complexity index is 1860. The maximum atomic E-state index is 13.7. The van der Waals surface area contributed by atoms with Gasteiger partial charge in [-0.15, -0.1) is 0 Å². The average Bonchev–Trinajstić information content (AvgIpc) is 2.93. The molecule has 2 aromatic heterocycles. The number of aromatic nitrogens is 4. The van der Waals surface area contributed by atoms with E-state index in [-0.39, 0.29) is 16.4 Å². The quantitative estimate of drug-likeness (QED) is 0.268. The highest BCUT2D eigenvalue weighted by Gasteiger charge is 2.22. The first-order valence-electron chi connectivity index (χ1n) is 11.9. The van der Waals surface area contributed by atoms with Gasteiger partial charge >= 0.3 is 0 Å². The second kappa shape index (κ2) is 10.4. The van der Waals surface area contributed by atoms with E-state index in [1.807, 2.05) is 37.3 Å². The molecule has 0 aliphatic heterocycles. The Morgan fingerprint density at radius 2 is 1.74 bits per heavy atom. The first-order chi connectivity index (χ1) is 18.7. The minimum Gasteiger partial charge on any atom is -0.368 e. The van der Waals surface area contributed by atoms with Crippen LogP contribution in [0.3, 0.4) is 0 Å². The second-order valence-electron chi connectivity index (χ2n) is 8.67. The van der Waals surface area contributed by atoms with E-state index in [0.717, 1.165) is 0 Å². The van der Waals surface area contributed by atoms with Crippen LogP contribution in [0.25, 0.3) is 27.7 Å². The van der Waals surface area contributed by atoms with Crippen molar-refractivity contribution in [1.82, 2.24) is 24.2 Å². The Hall–Kier alpha value is -4.32. The second-order valence-corrected chi connectivity index (χ2v) is 11.0. The first-order valence-corrected chi connectivity index (χ1v) is 13.8. The number of nitrogens with one attached hydrogen (secondary N) is 2. The fourth-order valence-electron chi connectivity index (χ4n) is 4.26. The highest BCUT2D eigenvalue weighted by molar-refractivity contribution is 7.89. The van der Waals surface area contributed by atoms with Gasteiger partial charge in [0, 0.05) is 11.8 Å². The van der Waals surface area contributed by atoms with E-state index in [1.165, 1.54) is 29.9 Å². The normalized spacial score (nSPS) is 12.4.